The van der Waals surface area contributed by atoms with E-state index in [1.54, 1.807) is 11.3 Å². The fourth-order valence-corrected chi connectivity index (χ4v) is 4.60. The van der Waals surface area contributed by atoms with Gasteiger partial charge in [-0.3, -0.25) is 11.3 Å². The lowest BCUT2D eigenvalue weighted by molar-refractivity contribution is 0.0696. The van der Waals surface area contributed by atoms with E-state index in [-0.39, 0.29) is 5.41 Å². The van der Waals surface area contributed by atoms with E-state index in [2.05, 4.69) is 19.3 Å². The average Bonchev–Trinajstić information content (AvgIpc) is 2.85. The zero-order valence-corrected chi connectivity index (χ0v) is 14.3. The molecule has 1 aliphatic rings. The number of benzene rings is 1. The SMILES string of the molecule is CC1(C)CCc2sc(-c3cccc(CNN)c3)c(C(=O)O)c2C1. The third kappa shape index (κ3) is 3.17. The Hall–Kier alpha value is -1.69. The standard InChI is InChI=1S/C18H22N2O2S/c1-18(2)7-6-14-13(9-18)15(17(21)22)16(23-14)12-5-3-4-11(8-12)10-20-19/h3-5,8,20H,6-7,9-10,19H2,1-2H3,(H,21,22). The Morgan fingerprint density at radius 1 is 1.43 bits per heavy atom. The first-order valence-corrected chi connectivity index (χ1v) is 8.63. The molecule has 0 fully saturated rings. The molecule has 0 amide bonds. The summed E-state index contributed by atoms with van der Waals surface area (Å²) >= 11 is 1.64. The van der Waals surface area contributed by atoms with Crippen molar-refractivity contribution in [1.82, 2.24) is 5.43 Å². The number of fused-ring (bicyclic) bond motifs is 1. The van der Waals surface area contributed by atoms with Crippen LogP contribution in [0.15, 0.2) is 24.3 Å². The summed E-state index contributed by atoms with van der Waals surface area (Å²) in [5.74, 6) is 4.57. The molecule has 0 spiro atoms. The molecule has 0 aliphatic heterocycles. The van der Waals surface area contributed by atoms with Gasteiger partial charge in [-0.05, 0) is 47.4 Å². The number of aromatic carboxylic acids is 1. The van der Waals surface area contributed by atoms with Crippen LogP contribution in [0.4, 0.5) is 0 Å². The van der Waals surface area contributed by atoms with E-state index in [4.69, 9.17) is 5.84 Å². The molecule has 2 aromatic rings. The Labute approximate surface area is 140 Å². The lowest BCUT2D eigenvalue weighted by Crippen LogP contribution is -2.22. The van der Waals surface area contributed by atoms with Crippen molar-refractivity contribution in [2.24, 2.45) is 11.3 Å². The second-order valence-corrected chi connectivity index (χ2v) is 8.04. The van der Waals surface area contributed by atoms with Gasteiger partial charge in [-0.25, -0.2) is 4.79 Å². The minimum Gasteiger partial charge on any atom is -0.478 e. The van der Waals surface area contributed by atoms with Crippen molar-refractivity contribution < 1.29 is 9.90 Å². The molecule has 3 rings (SSSR count). The molecule has 1 aromatic carbocycles. The number of thiophene rings is 1. The third-order valence-corrected chi connectivity index (χ3v) is 5.82. The normalized spacial score (nSPS) is 16.1. The summed E-state index contributed by atoms with van der Waals surface area (Å²) in [5, 5.41) is 9.79. The first-order valence-electron chi connectivity index (χ1n) is 7.82. The Kier molecular flexibility index (Phi) is 4.27. The molecule has 0 saturated heterocycles. The molecule has 0 atom stereocenters. The Morgan fingerprint density at radius 3 is 2.91 bits per heavy atom. The van der Waals surface area contributed by atoms with Crippen molar-refractivity contribution in [3.63, 3.8) is 0 Å². The molecule has 0 bridgehead atoms. The minimum atomic E-state index is -0.822. The van der Waals surface area contributed by atoms with Crippen molar-refractivity contribution in [2.45, 2.75) is 39.7 Å². The van der Waals surface area contributed by atoms with Crippen LogP contribution in [0.1, 0.15) is 46.6 Å². The second kappa shape index (κ2) is 6.07. The van der Waals surface area contributed by atoms with E-state index >= 15 is 0 Å². The van der Waals surface area contributed by atoms with E-state index < -0.39 is 5.97 Å². The minimum absolute atomic E-state index is 0.168. The lowest BCUT2D eigenvalue weighted by Gasteiger charge is -2.29. The summed E-state index contributed by atoms with van der Waals surface area (Å²) in [7, 11) is 0. The van der Waals surface area contributed by atoms with Crippen molar-refractivity contribution in [3.8, 4) is 10.4 Å². The molecule has 5 heteroatoms. The van der Waals surface area contributed by atoms with E-state index in [1.807, 2.05) is 24.3 Å². The largest absolute Gasteiger partial charge is 0.478 e. The van der Waals surface area contributed by atoms with Crippen molar-refractivity contribution in [2.75, 3.05) is 0 Å². The first-order chi connectivity index (χ1) is 10.9. The fraction of sp³-hybridized carbons (Fsp3) is 0.389. The van der Waals surface area contributed by atoms with Gasteiger partial charge < -0.3 is 5.11 Å². The van der Waals surface area contributed by atoms with Gasteiger partial charge in [-0.15, -0.1) is 11.3 Å². The number of hydrazine groups is 1. The Bertz CT molecular complexity index is 749. The van der Waals surface area contributed by atoms with Crippen LogP contribution in [-0.2, 0) is 19.4 Å². The predicted octanol–water partition coefficient (Wildman–Crippen LogP) is 3.59. The van der Waals surface area contributed by atoms with Crippen LogP contribution >= 0.6 is 11.3 Å². The van der Waals surface area contributed by atoms with Crippen molar-refractivity contribution in [3.05, 3.63) is 45.8 Å². The van der Waals surface area contributed by atoms with Gasteiger partial charge in [-0.1, -0.05) is 32.0 Å². The molecule has 1 aliphatic carbocycles. The summed E-state index contributed by atoms with van der Waals surface area (Å²) in [4.78, 5) is 14.0. The number of hydrogen-bond acceptors (Lipinski definition) is 4. The highest BCUT2D eigenvalue weighted by Crippen LogP contribution is 2.45. The smallest absolute Gasteiger partial charge is 0.337 e. The maximum Gasteiger partial charge on any atom is 0.337 e. The van der Waals surface area contributed by atoms with Crippen LogP contribution in [-0.4, -0.2) is 11.1 Å². The number of nitrogens with two attached hydrogens (primary N) is 1. The lowest BCUT2D eigenvalue weighted by atomic mass is 9.76. The molecule has 0 unspecified atom stereocenters. The van der Waals surface area contributed by atoms with Gasteiger partial charge in [0.2, 0.25) is 0 Å². The summed E-state index contributed by atoms with van der Waals surface area (Å²) in [6, 6.07) is 7.94. The average molecular weight is 330 g/mol. The van der Waals surface area contributed by atoms with Gasteiger partial charge in [0.05, 0.1) is 5.56 Å². The maximum absolute atomic E-state index is 11.9. The number of carbonyl (C=O) groups is 1. The Morgan fingerprint density at radius 2 is 2.22 bits per heavy atom. The molecule has 4 N–H and O–H groups in total. The maximum atomic E-state index is 11.9. The molecule has 1 aromatic heterocycles. The molecular weight excluding hydrogens is 308 g/mol. The number of hydrogen-bond donors (Lipinski definition) is 3. The number of carboxylic acid groups (broad SMARTS) is 1. The van der Waals surface area contributed by atoms with E-state index in [9.17, 15) is 9.90 Å². The van der Waals surface area contributed by atoms with Crippen molar-refractivity contribution >= 4 is 17.3 Å². The van der Waals surface area contributed by atoms with Gasteiger partial charge in [0, 0.05) is 16.3 Å². The summed E-state index contributed by atoms with van der Waals surface area (Å²) in [6.07, 6.45) is 2.91. The highest BCUT2D eigenvalue weighted by Gasteiger charge is 2.32. The van der Waals surface area contributed by atoms with E-state index in [0.717, 1.165) is 40.8 Å². The number of nitrogens with one attached hydrogen (secondary N) is 1. The fourth-order valence-electron chi connectivity index (χ4n) is 3.29. The predicted molar refractivity (Wildman–Crippen MR) is 93.5 cm³/mol. The zero-order valence-electron chi connectivity index (χ0n) is 13.5. The van der Waals surface area contributed by atoms with Gasteiger partial charge >= 0.3 is 5.97 Å². The molecule has 1 heterocycles. The molecular formula is C18H22N2O2S. The van der Waals surface area contributed by atoms with Crippen LogP contribution in [0.25, 0.3) is 10.4 Å². The summed E-state index contributed by atoms with van der Waals surface area (Å²) in [6.45, 7) is 4.99. The van der Waals surface area contributed by atoms with Crippen LogP contribution in [0.2, 0.25) is 0 Å². The highest BCUT2D eigenvalue weighted by molar-refractivity contribution is 7.16. The van der Waals surface area contributed by atoms with E-state index in [1.165, 1.54) is 4.88 Å². The first kappa shape index (κ1) is 16.2. The second-order valence-electron chi connectivity index (χ2n) is 6.94. The van der Waals surface area contributed by atoms with Gasteiger partial charge in [0.15, 0.2) is 0 Å². The van der Waals surface area contributed by atoms with Crippen LogP contribution in [0, 0.1) is 5.41 Å². The highest BCUT2D eigenvalue weighted by atomic mass is 32.1. The van der Waals surface area contributed by atoms with Crippen LogP contribution in [0.5, 0.6) is 0 Å². The van der Waals surface area contributed by atoms with Gasteiger partial charge in [-0.2, -0.15) is 0 Å². The van der Waals surface area contributed by atoms with Crippen LogP contribution < -0.4 is 11.3 Å². The molecule has 0 radical (unpaired) electrons. The number of aryl methyl sites for hydroxylation is 1. The third-order valence-electron chi connectivity index (χ3n) is 4.48. The van der Waals surface area contributed by atoms with Gasteiger partial charge in [0.1, 0.15) is 0 Å². The molecule has 4 nitrogen and oxygen atoms in total. The summed E-state index contributed by atoms with van der Waals surface area (Å²) in [5.41, 5.74) is 6.36. The topological polar surface area (TPSA) is 75.3 Å². The zero-order chi connectivity index (χ0) is 16.6. The number of carboxylic acids is 1. The molecule has 0 saturated carbocycles. The van der Waals surface area contributed by atoms with Crippen LogP contribution in [0.3, 0.4) is 0 Å². The van der Waals surface area contributed by atoms with E-state index in [0.29, 0.717) is 12.1 Å². The molecule has 122 valence electrons. The van der Waals surface area contributed by atoms with Gasteiger partial charge in [0.25, 0.3) is 0 Å². The monoisotopic (exact) mass is 330 g/mol. The summed E-state index contributed by atoms with van der Waals surface area (Å²) < 4.78 is 0. The Balaban J connectivity index is 2.12. The van der Waals surface area contributed by atoms with Crippen molar-refractivity contribution in [1.29, 1.82) is 0 Å². The molecule has 23 heavy (non-hydrogen) atoms. The number of rotatable bonds is 4. The quantitative estimate of drug-likeness (QED) is 0.591.